The van der Waals surface area contributed by atoms with Gasteiger partial charge in [-0.2, -0.15) is 0 Å². The van der Waals surface area contributed by atoms with Crippen LogP contribution < -0.4 is 0 Å². The molecule has 1 fully saturated rings. The van der Waals surface area contributed by atoms with E-state index in [0.29, 0.717) is 5.75 Å². The summed E-state index contributed by atoms with van der Waals surface area (Å²) >= 11 is 7.72. The van der Waals surface area contributed by atoms with E-state index in [1.165, 1.54) is 17.5 Å². The van der Waals surface area contributed by atoms with Crippen molar-refractivity contribution in [1.29, 1.82) is 0 Å². The van der Waals surface area contributed by atoms with Crippen LogP contribution in [0.25, 0.3) is 0 Å². The fourth-order valence-corrected chi connectivity index (χ4v) is 4.36. The Balaban J connectivity index is 1.72. The number of halogens is 1. The zero-order valence-corrected chi connectivity index (χ0v) is 15.2. The highest BCUT2D eigenvalue weighted by atomic mass is 35.5. The summed E-state index contributed by atoms with van der Waals surface area (Å²) in [6.07, 6.45) is 3.51. The Kier molecular flexibility index (Phi) is 6.22. The summed E-state index contributed by atoms with van der Waals surface area (Å²) in [6.45, 7) is 1.83. The number of hydrogen-bond acceptors (Lipinski definition) is 2. The molecule has 0 bridgehead atoms. The second-order valence-electron chi connectivity index (χ2n) is 6.09. The van der Waals surface area contributed by atoms with Crippen molar-refractivity contribution >= 4 is 29.3 Å². The Morgan fingerprint density at radius 3 is 2.25 bits per heavy atom. The van der Waals surface area contributed by atoms with Crippen molar-refractivity contribution in [2.45, 2.75) is 24.5 Å². The van der Waals surface area contributed by atoms with E-state index in [-0.39, 0.29) is 11.2 Å². The highest BCUT2D eigenvalue weighted by molar-refractivity contribution is 8.00. The van der Waals surface area contributed by atoms with Gasteiger partial charge in [0.1, 0.15) is 0 Å². The van der Waals surface area contributed by atoms with Gasteiger partial charge in [-0.05, 0) is 42.5 Å². The molecule has 1 saturated heterocycles. The molecule has 0 spiro atoms. The van der Waals surface area contributed by atoms with Crippen LogP contribution in [-0.2, 0) is 4.79 Å². The lowest BCUT2D eigenvalue weighted by atomic mass is 10.0. The summed E-state index contributed by atoms with van der Waals surface area (Å²) < 4.78 is 0. The molecular formula is C20H22ClNOS. The minimum atomic E-state index is 0.150. The fourth-order valence-electron chi connectivity index (χ4n) is 3.04. The molecule has 1 aliphatic rings. The summed E-state index contributed by atoms with van der Waals surface area (Å²) in [7, 11) is 0. The number of nitrogens with zero attached hydrogens (tertiary/aromatic N) is 1. The summed E-state index contributed by atoms with van der Waals surface area (Å²) in [4.78, 5) is 14.5. The largest absolute Gasteiger partial charge is 0.342 e. The van der Waals surface area contributed by atoms with Gasteiger partial charge in [0.2, 0.25) is 5.91 Å². The predicted octanol–water partition coefficient (Wildman–Crippen LogP) is 5.18. The molecule has 1 atom stereocenters. The average molecular weight is 360 g/mol. The molecule has 1 aliphatic heterocycles. The Morgan fingerprint density at radius 2 is 1.58 bits per heavy atom. The molecule has 1 heterocycles. The fraction of sp³-hybridized carbons (Fsp3) is 0.350. The van der Waals surface area contributed by atoms with Gasteiger partial charge in [-0.3, -0.25) is 4.79 Å². The van der Waals surface area contributed by atoms with E-state index in [4.69, 9.17) is 11.6 Å². The first-order chi connectivity index (χ1) is 11.7. The normalized spacial score (nSPS) is 16.0. The lowest BCUT2D eigenvalue weighted by molar-refractivity contribution is -0.129. The number of carbonyl (C=O) groups is 1. The third-order valence-electron chi connectivity index (χ3n) is 4.36. The molecule has 2 nitrogen and oxygen atoms in total. The lowest BCUT2D eigenvalue weighted by Gasteiger charge is -2.27. The molecule has 4 heteroatoms. The van der Waals surface area contributed by atoms with E-state index in [1.54, 1.807) is 11.8 Å². The van der Waals surface area contributed by atoms with E-state index in [9.17, 15) is 4.79 Å². The van der Waals surface area contributed by atoms with Crippen molar-refractivity contribution in [1.82, 2.24) is 4.90 Å². The number of hydrogen-bond donors (Lipinski definition) is 0. The van der Waals surface area contributed by atoms with Crippen LogP contribution in [0.2, 0.25) is 5.02 Å². The van der Waals surface area contributed by atoms with Crippen LogP contribution in [0.1, 0.15) is 35.6 Å². The summed E-state index contributed by atoms with van der Waals surface area (Å²) in [5.41, 5.74) is 2.40. The number of benzene rings is 2. The van der Waals surface area contributed by atoms with Crippen molar-refractivity contribution in [2.24, 2.45) is 0 Å². The number of piperidine rings is 1. The van der Waals surface area contributed by atoms with E-state index in [0.717, 1.165) is 31.0 Å². The van der Waals surface area contributed by atoms with E-state index in [2.05, 4.69) is 24.3 Å². The van der Waals surface area contributed by atoms with Crippen LogP contribution in [0.15, 0.2) is 54.6 Å². The molecule has 3 rings (SSSR count). The highest BCUT2D eigenvalue weighted by Crippen LogP contribution is 2.36. The summed E-state index contributed by atoms with van der Waals surface area (Å²) in [5.74, 6) is 0.775. The van der Waals surface area contributed by atoms with Crippen LogP contribution in [0.5, 0.6) is 0 Å². The standard InChI is InChI=1S/C20H22ClNOS/c21-18-11-9-17(10-12-18)20(16-7-3-1-4-8-16)24-15-19(23)22-13-5-2-6-14-22/h1,3-4,7-12,20H,2,5-6,13-15H2. The van der Waals surface area contributed by atoms with Crippen LogP contribution in [0.4, 0.5) is 0 Å². The number of thioether (sulfide) groups is 1. The van der Waals surface area contributed by atoms with E-state index < -0.39 is 0 Å². The smallest absolute Gasteiger partial charge is 0.232 e. The molecule has 1 unspecified atom stereocenters. The van der Waals surface area contributed by atoms with E-state index in [1.807, 2.05) is 35.2 Å². The van der Waals surface area contributed by atoms with Crippen molar-refractivity contribution < 1.29 is 4.79 Å². The maximum atomic E-state index is 12.5. The SMILES string of the molecule is O=C(CSC(c1ccccc1)c1ccc(Cl)cc1)N1CCCCC1. The first-order valence-corrected chi connectivity index (χ1v) is 9.86. The van der Waals surface area contributed by atoms with Crippen molar-refractivity contribution in [3.05, 3.63) is 70.7 Å². The Labute approximate surface area is 153 Å². The van der Waals surface area contributed by atoms with Gasteiger partial charge in [0.15, 0.2) is 0 Å². The average Bonchev–Trinajstić information content (AvgIpc) is 2.65. The number of amides is 1. The highest BCUT2D eigenvalue weighted by Gasteiger charge is 2.20. The maximum Gasteiger partial charge on any atom is 0.232 e. The zero-order chi connectivity index (χ0) is 16.8. The van der Waals surface area contributed by atoms with Gasteiger partial charge in [-0.1, -0.05) is 54.1 Å². The van der Waals surface area contributed by atoms with Gasteiger partial charge in [0, 0.05) is 18.1 Å². The molecule has 1 amide bonds. The zero-order valence-electron chi connectivity index (χ0n) is 13.7. The van der Waals surface area contributed by atoms with Crippen LogP contribution in [-0.4, -0.2) is 29.6 Å². The van der Waals surface area contributed by atoms with Crippen molar-refractivity contribution in [3.8, 4) is 0 Å². The van der Waals surface area contributed by atoms with E-state index >= 15 is 0 Å². The molecule has 2 aromatic carbocycles. The number of likely N-dealkylation sites (tertiary alicyclic amines) is 1. The third kappa shape index (κ3) is 4.55. The van der Waals surface area contributed by atoms with Gasteiger partial charge in [0.05, 0.1) is 11.0 Å². The molecule has 0 N–H and O–H groups in total. The first kappa shape index (κ1) is 17.4. The summed E-state index contributed by atoms with van der Waals surface area (Å²) in [6, 6.07) is 18.3. The Morgan fingerprint density at radius 1 is 0.958 bits per heavy atom. The number of rotatable bonds is 5. The van der Waals surface area contributed by atoms with Gasteiger partial charge in [-0.15, -0.1) is 11.8 Å². The van der Waals surface area contributed by atoms with Crippen molar-refractivity contribution in [3.63, 3.8) is 0 Å². The van der Waals surface area contributed by atoms with Gasteiger partial charge < -0.3 is 4.90 Å². The maximum absolute atomic E-state index is 12.5. The molecular weight excluding hydrogens is 338 g/mol. The monoisotopic (exact) mass is 359 g/mol. The molecule has 0 radical (unpaired) electrons. The molecule has 24 heavy (non-hydrogen) atoms. The van der Waals surface area contributed by atoms with Crippen LogP contribution in [0.3, 0.4) is 0 Å². The second-order valence-corrected chi connectivity index (χ2v) is 7.62. The molecule has 0 aromatic heterocycles. The van der Waals surface area contributed by atoms with Gasteiger partial charge in [-0.25, -0.2) is 0 Å². The number of carbonyl (C=O) groups excluding carboxylic acids is 1. The lowest BCUT2D eigenvalue weighted by Crippen LogP contribution is -2.36. The quantitative estimate of drug-likeness (QED) is 0.733. The van der Waals surface area contributed by atoms with Crippen LogP contribution in [0, 0.1) is 0 Å². The van der Waals surface area contributed by atoms with Crippen molar-refractivity contribution in [2.75, 3.05) is 18.8 Å². The molecule has 0 saturated carbocycles. The van der Waals surface area contributed by atoms with Gasteiger partial charge >= 0.3 is 0 Å². The minimum absolute atomic E-state index is 0.150. The first-order valence-electron chi connectivity index (χ1n) is 8.44. The molecule has 2 aromatic rings. The third-order valence-corrected chi connectivity index (χ3v) is 5.90. The van der Waals surface area contributed by atoms with Gasteiger partial charge in [0.25, 0.3) is 0 Å². The predicted molar refractivity (Wildman–Crippen MR) is 103 cm³/mol. The molecule has 126 valence electrons. The Bertz CT molecular complexity index is 653. The molecule has 0 aliphatic carbocycles. The minimum Gasteiger partial charge on any atom is -0.342 e. The Hall–Kier alpha value is -1.45. The van der Waals surface area contributed by atoms with Crippen LogP contribution >= 0.6 is 23.4 Å². The second kappa shape index (κ2) is 8.59. The topological polar surface area (TPSA) is 20.3 Å². The summed E-state index contributed by atoms with van der Waals surface area (Å²) in [5, 5.41) is 0.886.